The number of anilines is 3. The summed E-state index contributed by atoms with van der Waals surface area (Å²) >= 11 is 3.32. The summed E-state index contributed by atoms with van der Waals surface area (Å²) in [4.78, 5) is 2.08. The zero-order chi connectivity index (χ0) is 39.4. The maximum atomic E-state index is 16.2. The van der Waals surface area contributed by atoms with Crippen LogP contribution in [0, 0.1) is 11.6 Å². The topological polar surface area (TPSA) is 3.24 Å². The highest BCUT2D eigenvalue weighted by molar-refractivity contribution is 9.10. The van der Waals surface area contributed by atoms with E-state index in [4.69, 9.17) is 0 Å². The molecule has 0 amide bonds. The van der Waals surface area contributed by atoms with Crippen LogP contribution < -0.4 is 4.90 Å². The van der Waals surface area contributed by atoms with Crippen LogP contribution in [0.5, 0.6) is 0 Å². The Morgan fingerprint density at radius 2 is 0.569 bits per heavy atom. The van der Waals surface area contributed by atoms with Crippen molar-refractivity contribution in [2.75, 3.05) is 4.90 Å². The van der Waals surface area contributed by atoms with E-state index in [-0.39, 0.29) is 11.6 Å². The molecule has 9 aromatic carbocycles. The second kappa shape index (κ2) is 16.3. The summed E-state index contributed by atoms with van der Waals surface area (Å²) in [7, 11) is 0. The molecule has 0 atom stereocenters. The molecule has 1 nitrogen and oxygen atoms in total. The molecule has 0 radical (unpaired) electrons. The fraction of sp³-hybridized carbons (Fsp3) is 0. The lowest BCUT2D eigenvalue weighted by molar-refractivity contribution is 0.630. The molecule has 0 N–H and O–H groups in total. The lowest BCUT2D eigenvalue weighted by atomic mass is 9.98. The average Bonchev–Trinajstić information content (AvgIpc) is 3.28. The summed E-state index contributed by atoms with van der Waals surface area (Å²) in [6, 6.07) is 72.4. The van der Waals surface area contributed by atoms with Crippen molar-refractivity contribution in [1.29, 1.82) is 0 Å². The minimum absolute atomic E-state index is 0.319. The van der Waals surface area contributed by atoms with Gasteiger partial charge in [0.1, 0.15) is 11.6 Å². The molecule has 0 bridgehead atoms. The Bertz CT molecular complexity index is 2680. The standard InChI is InChI=1S/C54H36BrF2N/c55-47-27-33-51(53(56)35-47)45-19-21-46(22-20-45)52-34-32-50(36-54(52)57)58(48-28-23-43(24-29-48)41-15-11-39(12-16-41)37-7-3-1-4-8-37)49-30-25-44(26-31-49)42-17-13-40(14-18-42)38-9-5-2-6-10-38/h1-36H. The summed E-state index contributed by atoms with van der Waals surface area (Å²) in [5, 5.41) is 0. The molecule has 9 rings (SSSR count). The molecule has 0 saturated carbocycles. The smallest absolute Gasteiger partial charge is 0.133 e. The number of hydrogen-bond donors (Lipinski definition) is 0. The molecular weight excluding hydrogens is 781 g/mol. The average molecular weight is 817 g/mol. The van der Waals surface area contributed by atoms with E-state index in [9.17, 15) is 4.39 Å². The van der Waals surface area contributed by atoms with Gasteiger partial charge in [-0.15, -0.1) is 0 Å². The SMILES string of the molecule is Fc1cc(Br)ccc1-c1ccc(-c2ccc(N(c3ccc(-c4ccc(-c5ccccc5)cc4)cc3)c3ccc(-c4ccc(-c5ccccc5)cc4)cc3)cc2F)cc1. The van der Waals surface area contributed by atoms with Gasteiger partial charge in [0.15, 0.2) is 0 Å². The van der Waals surface area contributed by atoms with Crippen molar-refractivity contribution < 1.29 is 8.78 Å². The highest BCUT2D eigenvalue weighted by atomic mass is 79.9. The summed E-state index contributed by atoms with van der Waals surface area (Å²) in [5.74, 6) is -0.670. The molecule has 0 aliphatic heterocycles. The Morgan fingerprint density at radius 1 is 0.276 bits per heavy atom. The Balaban J connectivity index is 1.03. The molecule has 0 aromatic heterocycles. The van der Waals surface area contributed by atoms with Gasteiger partial charge >= 0.3 is 0 Å². The molecule has 0 fully saturated rings. The van der Waals surface area contributed by atoms with Crippen molar-refractivity contribution in [1.82, 2.24) is 0 Å². The van der Waals surface area contributed by atoms with Gasteiger partial charge in [-0.2, -0.15) is 0 Å². The second-order valence-corrected chi connectivity index (χ2v) is 15.1. The van der Waals surface area contributed by atoms with Gasteiger partial charge in [-0.3, -0.25) is 0 Å². The lowest BCUT2D eigenvalue weighted by Gasteiger charge is -2.26. The third kappa shape index (κ3) is 7.75. The first-order chi connectivity index (χ1) is 28.5. The van der Waals surface area contributed by atoms with Gasteiger partial charge < -0.3 is 4.90 Å². The zero-order valence-corrected chi connectivity index (χ0v) is 33.0. The second-order valence-electron chi connectivity index (χ2n) is 14.2. The van der Waals surface area contributed by atoms with E-state index < -0.39 is 0 Å². The van der Waals surface area contributed by atoms with Crippen molar-refractivity contribution >= 4 is 33.0 Å². The summed E-state index contributed by atoms with van der Waals surface area (Å²) in [5.41, 5.74) is 14.0. The molecule has 0 unspecified atom stereocenters. The number of rotatable bonds is 9. The summed E-state index contributed by atoms with van der Waals surface area (Å²) in [6.45, 7) is 0. The highest BCUT2D eigenvalue weighted by Crippen LogP contribution is 2.39. The van der Waals surface area contributed by atoms with E-state index in [2.05, 4.69) is 166 Å². The third-order valence-electron chi connectivity index (χ3n) is 10.6. The van der Waals surface area contributed by atoms with E-state index in [1.165, 1.54) is 28.3 Å². The number of nitrogens with zero attached hydrogens (tertiary/aromatic N) is 1. The van der Waals surface area contributed by atoms with E-state index in [0.29, 0.717) is 26.9 Å². The quantitative estimate of drug-likeness (QED) is 0.140. The molecule has 58 heavy (non-hydrogen) atoms. The number of benzene rings is 9. The van der Waals surface area contributed by atoms with Crippen LogP contribution in [0.3, 0.4) is 0 Å². The minimum Gasteiger partial charge on any atom is -0.310 e. The molecule has 0 spiro atoms. The van der Waals surface area contributed by atoms with Crippen LogP contribution in [-0.4, -0.2) is 0 Å². The Hall–Kier alpha value is -6.88. The van der Waals surface area contributed by atoms with Gasteiger partial charge in [-0.1, -0.05) is 180 Å². The molecule has 278 valence electrons. The predicted octanol–water partition coefficient (Wildman–Crippen LogP) is 16.2. The van der Waals surface area contributed by atoms with Crippen LogP contribution in [0.2, 0.25) is 0 Å². The molecule has 0 aliphatic rings. The Kier molecular flexibility index (Phi) is 10.3. The maximum absolute atomic E-state index is 16.2. The van der Waals surface area contributed by atoms with E-state index in [1.807, 2.05) is 54.6 Å². The van der Waals surface area contributed by atoms with Crippen molar-refractivity contribution in [3.8, 4) is 66.8 Å². The fourth-order valence-electron chi connectivity index (χ4n) is 7.45. The Morgan fingerprint density at radius 3 is 0.931 bits per heavy atom. The fourth-order valence-corrected chi connectivity index (χ4v) is 7.79. The molecule has 0 saturated heterocycles. The minimum atomic E-state index is -0.352. The van der Waals surface area contributed by atoms with E-state index in [0.717, 1.165) is 39.2 Å². The molecule has 0 aliphatic carbocycles. The first kappa shape index (κ1) is 36.7. The first-order valence-corrected chi connectivity index (χ1v) is 19.9. The molecular formula is C54H36BrF2N. The molecule has 9 aromatic rings. The summed E-state index contributed by atoms with van der Waals surface area (Å²) < 4.78 is 31.6. The first-order valence-electron chi connectivity index (χ1n) is 19.1. The van der Waals surface area contributed by atoms with Crippen LogP contribution >= 0.6 is 15.9 Å². The monoisotopic (exact) mass is 815 g/mol. The van der Waals surface area contributed by atoms with Gasteiger partial charge in [0.25, 0.3) is 0 Å². The van der Waals surface area contributed by atoms with Crippen LogP contribution in [0.25, 0.3) is 66.8 Å². The lowest BCUT2D eigenvalue weighted by Crippen LogP contribution is -2.10. The van der Waals surface area contributed by atoms with Crippen LogP contribution in [0.4, 0.5) is 25.8 Å². The number of halogens is 3. The van der Waals surface area contributed by atoms with Crippen LogP contribution in [-0.2, 0) is 0 Å². The van der Waals surface area contributed by atoms with Gasteiger partial charge in [-0.05, 0) is 110 Å². The Labute approximate surface area is 346 Å². The normalized spacial score (nSPS) is 11.0. The van der Waals surface area contributed by atoms with Crippen molar-refractivity contribution in [2.45, 2.75) is 0 Å². The van der Waals surface area contributed by atoms with Gasteiger partial charge in [0, 0.05) is 32.7 Å². The van der Waals surface area contributed by atoms with E-state index >= 15 is 4.39 Å². The predicted molar refractivity (Wildman–Crippen MR) is 241 cm³/mol. The van der Waals surface area contributed by atoms with Crippen molar-refractivity contribution in [3.63, 3.8) is 0 Å². The zero-order valence-electron chi connectivity index (χ0n) is 31.4. The van der Waals surface area contributed by atoms with Crippen molar-refractivity contribution in [2.24, 2.45) is 0 Å². The van der Waals surface area contributed by atoms with Crippen LogP contribution in [0.1, 0.15) is 0 Å². The third-order valence-corrected chi connectivity index (χ3v) is 11.0. The molecule has 0 heterocycles. The largest absolute Gasteiger partial charge is 0.310 e. The van der Waals surface area contributed by atoms with Gasteiger partial charge in [0.2, 0.25) is 0 Å². The molecule has 4 heteroatoms. The van der Waals surface area contributed by atoms with Crippen molar-refractivity contribution in [3.05, 3.63) is 234 Å². The van der Waals surface area contributed by atoms with Gasteiger partial charge in [0.05, 0.1) is 0 Å². The van der Waals surface area contributed by atoms with E-state index in [1.54, 1.807) is 12.1 Å². The highest BCUT2D eigenvalue weighted by Gasteiger charge is 2.17. The maximum Gasteiger partial charge on any atom is 0.133 e. The number of hydrogen-bond acceptors (Lipinski definition) is 1. The summed E-state index contributed by atoms with van der Waals surface area (Å²) in [6.07, 6.45) is 0. The van der Waals surface area contributed by atoms with Crippen LogP contribution in [0.15, 0.2) is 223 Å². The van der Waals surface area contributed by atoms with Gasteiger partial charge in [-0.25, -0.2) is 8.78 Å².